The smallest absolute Gasteiger partial charge is 0.261 e. The highest BCUT2D eigenvalue weighted by molar-refractivity contribution is 7.92. The standard InChI is InChI=1S/C19H16ClN5O2S/c1-12-2-4-13(5-3-12)24-28(26,27)15-8-6-14(7-9-15)25-22-18-10-16(20)17(21)11-19(18)23-25/h2-11,24H,21H2,1H3. The van der Waals surface area contributed by atoms with Crippen LogP contribution in [-0.4, -0.2) is 23.4 Å². The molecule has 3 N–H and O–H groups in total. The van der Waals surface area contributed by atoms with Crippen molar-refractivity contribution < 1.29 is 8.42 Å². The molecule has 0 saturated carbocycles. The topological polar surface area (TPSA) is 103 Å². The van der Waals surface area contributed by atoms with Gasteiger partial charge < -0.3 is 5.73 Å². The maximum absolute atomic E-state index is 12.6. The SMILES string of the molecule is Cc1ccc(NS(=O)(=O)c2ccc(-n3nc4cc(N)c(Cl)cc4n3)cc2)cc1. The molecule has 1 aromatic heterocycles. The van der Waals surface area contributed by atoms with Crippen LogP contribution >= 0.6 is 11.6 Å². The number of hydrogen-bond acceptors (Lipinski definition) is 5. The molecule has 7 nitrogen and oxygen atoms in total. The summed E-state index contributed by atoms with van der Waals surface area (Å²) in [7, 11) is -3.70. The third-order valence-electron chi connectivity index (χ3n) is 4.18. The molecule has 28 heavy (non-hydrogen) atoms. The molecule has 9 heteroatoms. The van der Waals surface area contributed by atoms with Gasteiger partial charge in [-0.3, -0.25) is 4.72 Å². The van der Waals surface area contributed by atoms with Gasteiger partial charge in [0.25, 0.3) is 10.0 Å². The minimum Gasteiger partial charge on any atom is -0.397 e. The van der Waals surface area contributed by atoms with Crippen LogP contribution in [0.3, 0.4) is 0 Å². The van der Waals surface area contributed by atoms with Gasteiger partial charge in [0.15, 0.2) is 0 Å². The van der Waals surface area contributed by atoms with E-state index in [1.165, 1.54) is 16.9 Å². The fourth-order valence-electron chi connectivity index (χ4n) is 2.66. The normalized spacial score (nSPS) is 11.6. The molecule has 0 aliphatic rings. The number of aromatic nitrogens is 3. The Morgan fingerprint density at radius 1 is 0.964 bits per heavy atom. The first kappa shape index (κ1) is 18.3. The highest BCUT2D eigenvalue weighted by Crippen LogP contribution is 2.24. The summed E-state index contributed by atoms with van der Waals surface area (Å²) < 4.78 is 27.7. The molecule has 0 amide bonds. The van der Waals surface area contributed by atoms with Crippen LogP contribution in [0.4, 0.5) is 11.4 Å². The molecule has 0 bridgehead atoms. The number of nitrogen functional groups attached to an aromatic ring is 1. The van der Waals surface area contributed by atoms with Gasteiger partial charge in [-0.25, -0.2) is 8.42 Å². The number of benzene rings is 3. The number of nitrogens with zero attached hydrogens (tertiary/aromatic N) is 3. The lowest BCUT2D eigenvalue weighted by molar-refractivity contribution is 0.601. The molecule has 0 aliphatic heterocycles. The Labute approximate surface area is 166 Å². The average molecular weight is 414 g/mol. The van der Waals surface area contributed by atoms with Gasteiger partial charge in [-0.2, -0.15) is 4.80 Å². The van der Waals surface area contributed by atoms with E-state index in [1.54, 1.807) is 36.4 Å². The summed E-state index contributed by atoms with van der Waals surface area (Å²) in [5.41, 5.74) is 9.57. The molecule has 0 radical (unpaired) electrons. The molecule has 0 fully saturated rings. The quantitative estimate of drug-likeness (QED) is 0.496. The van der Waals surface area contributed by atoms with Gasteiger partial charge in [0.1, 0.15) is 11.0 Å². The van der Waals surface area contributed by atoms with Gasteiger partial charge in [0, 0.05) is 5.69 Å². The summed E-state index contributed by atoms with van der Waals surface area (Å²) in [6.07, 6.45) is 0. The van der Waals surface area contributed by atoms with Gasteiger partial charge in [-0.05, 0) is 55.5 Å². The molecule has 0 saturated heterocycles. The Hall–Kier alpha value is -3.10. The molecule has 3 aromatic carbocycles. The lowest BCUT2D eigenvalue weighted by Gasteiger charge is -2.09. The van der Waals surface area contributed by atoms with Crippen LogP contribution in [0.1, 0.15) is 5.56 Å². The summed E-state index contributed by atoms with van der Waals surface area (Å²) in [4.78, 5) is 1.55. The number of fused-ring (bicyclic) bond motifs is 1. The van der Waals surface area contributed by atoms with Crippen LogP contribution in [0.25, 0.3) is 16.7 Å². The lowest BCUT2D eigenvalue weighted by atomic mass is 10.2. The minimum absolute atomic E-state index is 0.140. The van der Waals surface area contributed by atoms with Crippen LogP contribution in [0.15, 0.2) is 65.6 Å². The molecule has 0 unspecified atom stereocenters. The molecule has 142 valence electrons. The second-order valence-electron chi connectivity index (χ2n) is 6.32. The molecular weight excluding hydrogens is 398 g/mol. The molecule has 0 aliphatic carbocycles. The molecule has 0 atom stereocenters. The number of rotatable bonds is 4. The summed E-state index contributed by atoms with van der Waals surface area (Å²) in [6.45, 7) is 1.94. The second-order valence-corrected chi connectivity index (χ2v) is 8.41. The van der Waals surface area contributed by atoms with Crippen molar-refractivity contribution in [3.8, 4) is 5.69 Å². The Morgan fingerprint density at radius 2 is 1.57 bits per heavy atom. The van der Waals surface area contributed by atoms with E-state index in [0.717, 1.165) is 5.56 Å². The van der Waals surface area contributed by atoms with Crippen LogP contribution in [0.5, 0.6) is 0 Å². The number of nitrogens with one attached hydrogen (secondary N) is 1. The first-order valence-corrected chi connectivity index (χ1v) is 10.2. The minimum atomic E-state index is -3.70. The van der Waals surface area contributed by atoms with Crippen LogP contribution < -0.4 is 10.5 Å². The summed E-state index contributed by atoms with van der Waals surface area (Å²) in [6, 6.07) is 16.7. The van der Waals surface area contributed by atoms with Crippen molar-refractivity contribution in [2.24, 2.45) is 0 Å². The lowest BCUT2D eigenvalue weighted by Crippen LogP contribution is -2.13. The first-order valence-electron chi connectivity index (χ1n) is 8.34. The van der Waals surface area contributed by atoms with E-state index in [9.17, 15) is 8.42 Å². The maximum Gasteiger partial charge on any atom is 0.261 e. The van der Waals surface area contributed by atoms with E-state index >= 15 is 0 Å². The summed E-state index contributed by atoms with van der Waals surface area (Å²) >= 11 is 6.01. The van der Waals surface area contributed by atoms with Gasteiger partial charge >= 0.3 is 0 Å². The predicted octanol–water partition coefficient (Wildman–Crippen LogP) is 3.77. The van der Waals surface area contributed by atoms with Crippen LogP contribution in [0.2, 0.25) is 5.02 Å². The largest absolute Gasteiger partial charge is 0.397 e. The van der Waals surface area contributed by atoms with E-state index in [0.29, 0.717) is 33.1 Å². The number of hydrogen-bond donors (Lipinski definition) is 2. The highest BCUT2D eigenvalue weighted by atomic mass is 35.5. The van der Waals surface area contributed by atoms with E-state index in [1.807, 2.05) is 19.1 Å². The zero-order chi connectivity index (χ0) is 19.9. The molecule has 4 rings (SSSR count). The zero-order valence-electron chi connectivity index (χ0n) is 14.8. The van der Waals surface area contributed by atoms with E-state index in [4.69, 9.17) is 17.3 Å². The Morgan fingerprint density at radius 3 is 2.21 bits per heavy atom. The van der Waals surface area contributed by atoms with Gasteiger partial charge in [-0.15, -0.1) is 10.2 Å². The Balaban J connectivity index is 1.62. The summed E-state index contributed by atoms with van der Waals surface area (Å²) in [5, 5.41) is 9.11. The van der Waals surface area contributed by atoms with Gasteiger partial charge in [0.05, 0.1) is 21.3 Å². The number of halogens is 1. The zero-order valence-corrected chi connectivity index (χ0v) is 16.4. The third-order valence-corrected chi connectivity index (χ3v) is 5.91. The van der Waals surface area contributed by atoms with Crippen molar-refractivity contribution >= 4 is 44.0 Å². The third kappa shape index (κ3) is 3.51. The fraction of sp³-hybridized carbons (Fsp3) is 0.0526. The fourth-order valence-corrected chi connectivity index (χ4v) is 3.88. The number of aryl methyl sites for hydroxylation is 1. The van der Waals surface area contributed by atoms with Crippen LogP contribution in [-0.2, 0) is 10.0 Å². The first-order chi connectivity index (χ1) is 13.3. The van der Waals surface area contributed by atoms with Crippen molar-refractivity contribution in [1.82, 2.24) is 15.0 Å². The Bertz CT molecular complexity index is 1230. The second kappa shape index (κ2) is 6.81. The van der Waals surface area contributed by atoms with Gasteiger partial charge in [0.2, 0.25) is 0 Å². The highest BCUT2D eigenvalue weighted by Gasteiger charge is 2.15. The monoisotopic (exact) mass is 413 g/mol. The van der Waals surface area contributed by atoms with Crippen molar-refractivity contribution in [3.63, 3.8) is 0 Å². The van der Waals surface area contributed by atoms with Crippen molar-refractivity contribution in [2.45, 2.75) is 11.8 Å². The van der Waals surface area contributed by atoms with Crippen molar-refractivity contribution in [2.75, 3.05) is 10.5 Å². The average Bonchev–Trinajstić information content (AvgIpc) is 3.07. The number of sulfonamides is 1. The van der Waals surface area contributed by atoms with E-state index in [2.05, 4.69) is 14.9 Å². The predicted molar refractivity (Wildman–Crippen MR) is 110 cm³/mol. The van der Waals surface area contributed by atoms with E-state index in [-0.39, 0.29) is 4.90 Å². The Kier molecular flexibility index (Phi) is 4.44. The van der Waals surface area contributed by atoms with Gasteiger partial charge in [-0.1, -0.05) is 29.3 Å². The molecule has 4 aromatic rings. The van der Waals surface area contributed by atoms with E-state index < -0.39 is 10.0 Å². The summed E-state index contributed by atoms with van der Waals surface area (Å²) in [5.74, 6) is 0. The molecule has 0 spiro atoms. The molecular formula is C19H16ClN5O2S. The maximum atomic E-state index is 12.6. The van der Waals surface area contributed by atoms with Crippen LogP contribution in [0, 0.1) is 6.92 Å². The number of anilines is 2. The van der Waals surface area contributed by atoms with Crippen molar-refractivity contribution in [3.05, 3.63) is 71.2 Å². The van der Waals surface area contributed by atoms with Crippen molar-refractivity contribution in [1.29, 1.82) is 0 Å². The molecule has 1 heterocycles. The number of nitrogens with two attached hydrogens (primary N) is 1.